The van der Waals surface area contributed by atoms with Crippen LogP contribution >= 0.6 is 11.3 Å². The minimum atomic E-state index is -0.972. The Morgan fingerprint density at radius 3 is 2.84 bits per heavy atom. The molecular formula is C13H15N3O2S. The van der Waals surface area contributed by atoms with Crippen LogP contribution in [0, 0.1) is 13.8 Å². The van der Waals surface area contributed by atoms with E-state index in [0.29, 0.717) is 12.2 Å². The first-order valence-electron chi connectivity index (χ1n) is 5.91. The second kappa shape index (κ2) is 5.79. The molecule has 5 nitrogen and oxygen atoms in total. The Kier molecular flexibility index (Phi) is 4.11. The van der Waals surface area contributed by atoms with E-state index in [0.717, 1.165) is 22.8 Å². The van der Waals surface area contributed by atoms with Crippen LogP contribution in [0.1, 0.15) is 26.8 Å². The Hall–Kier alpha value is -1.95. The molecule has 2 aromatic heterocycles. The summed E-state index contributed by atoms with van der Waals surface area (Å²) in [6, 6.07) is 1.75. The highest BCUT2D eigenvalue weighted by molar-refractivity contribution is 7.09. The lowest BCUT2D eigenvalue weighted by atomic mass is 10.2. The molecule has 0 aromatic carbocycles. The largest absolute Gasteiger partial charge is 0.478 e. The van der Waals surface area contributed by atoms with Gasteiger partial charge in [0.2, 0.25) is 0 Å². The third kappa shape index (κ3) is 3.51. The molecule has 2 rings (SSSR count). The Morgan fingerprint density at radius 1 is 1.42 bits per heavy atom. The summed E-state index contributed by atoms with van der Waals surface area (Å²) in [6.07, 6.45) is 2.16. The van der Waals surface area contributed by atoms with Gasteiger partial charge in [-0.1, -0.05) is 0 Å². The Morgan fingerprint density at radius 2 is 2.21 bits per heavy atom. The van der Waals surface area contributed by atoms with Crippen LogP contribution in [0.5, 0.6) is 0 Å². The van der Waals surface area contributed by atoms with Crippen LogP contribution in [0.4, 0.5) is 5.69 Å². The van der Waals surface area contributed by atoms with E-state index < -0.39 is 5.97 Å². The molecule has 0 amide bonds. The highest BCUT2D eigenvalue weighted by atomic mass is 32.1. The molecule has 0 saturated carbocycles. The van der Waals surface area contributed by atoms with Gasteiger partial charge in [-0.3, -0.25) is 4.98 Å². The predicted molar refractivity (Wildman–Crippen MR) is 75.0 cm³/mol. The SMILES string of the molecule is Cc1cc(NCCc2nc(C)cs2)c(C(=O)O)cn1. The van der Waals surface area contributed by atoms with Crippen LogP contribution in [0.2, 0.25) is 0 Å². The normalized spacial score (nSPS) is 10.4. The molecule has 0 fully saturated rings. The molecule has 0 bridgehead atoms. The summed E-state index contributed by atoms with van der Waals surface area (Å²) in [5.74, 6) is -0.972. The maximum atomic E-state index is 11.1. The summed E-state index contributed by atoms with van der Waals surface area (Å²) >= 11 is 1.62. The van der Waals surface area contributed by atoms with Crippen LogP contribution in [0.15, 0.2) is 17.6 Å². The number of hydrogen-bond donors (Lipinski definition) is 2. The molecule has 100 valence electrons. The van der Waals surface area contributed by atoms with Crippen LogP contribution < -0.4 is 5.32 Å². The lowest BCUT2D eigenvalue weighted by Crippen LogP contribution is -2.10. The summed E-state index contributed by atoms with van der Waals surface area (Å²) < 4.78 is 0. The molecule has 0 saturated heterocycles. The van der Waals surface area contributed by atoms with Crippen LogP contribution in [-0.2, 0) is 6.42 Å². The Balaban J connectivity index is 2.02. The van der Waals surface area contributed by atoms with Crippen molar-refractivity contribution in [3.8, 4) is 0 Å². The molecule has 19 heavy (non-hydrogen) atoms. The van der Waals surface area contributed by atoms with E-state index in [2.05, 4.69) is 15.3 Å². The number of rotatable bonds is 5. The number of thiazole rings is 1. The standard InChI is InChI=1S/C13H15N3O2S/c1-8-5-11(10(6-15-8)13(17)18)14-4-3-12-16-9(2)7-19-12/h5-7H,3-4H2,1-2H3,(H,14,15)(H,17,18). The zero-order valence-electron chi connectivity index (χ0n) is 10.8. The van der Waals surface area contributed by atoms with E-state index in [-0.39, 0.29) is 5.56 Å². The second-order valence-electron chi connectivity index (χ2n) is 4.24. The zero-order chi connectivity index (χ0) is 13.8. The van der Waals surface area contributed by atoms with Gasteiger partial charge in [0.25, 0.3) is 0 Å². The zero-order valence-corrected chi connectivity index (χ0v) is 11.6. The minimum absolute atomic E-state index is 0.195. The van der Waals surface area contributed by atoms with Gasteiger partial charge in [0, 0.05) is 35.9 Å². The van der Waals surface area contributed by atoms with Gasteiger partial charge < -0.3 is 10.4 Å². The lowest BCUT2D eigenvalue weighted by Gasteiger charge is -2.09. The van der Waals surface area contributed by atoms with Gasteiger partial charge in [-0.05, 0) is 19.9 Å². The molecule has 0 aliphatic carbocycles. The van der Waals surface area contributed by atoms with Crippen LogP contribution in [0.25, 0.3) is 0 Å². The maximum absolute atomic E-state index is 11.1. The number of nitrogens with zero attached hydrogens (tertiary/aromatic N) is 2. The van der Waals surface area contributed by atoms with Gasteiger partial charge in [-0.2, -0.15) is 0 Å². The predicted octanol–water partition coefficient (Wildman–Crippen LogP) is 2.51. The minimum Gasteiger partial charge on any atom is -0.478 e. The molecule has 2 heterocycles. The first-order chi connectivity index (χ1) is 9.06. The topological polar surface area (TPSA) is 75.1 Å². The summed E-state index contributed by atoms with van der Waals surface area (Å²) in [4.78, 5) is 19.4. The average molecular weight is 277 g/mol. The van der Waals surface area contributed by atoms with Crippen molar-refractivity contribution in [1.82, 2.24) is 9.97 Å². The summed E-state index contributed by atoms with van der Waals surface area (Å²) in [5, 5.41) is 15.3. The van der Waals surface area contributed by atoms with Gasteiger partial charge >= 0.3 is 5.97 Å². The monoisotopic (exact) mass is 277 g/mol. The molecule has 0 spiro atoms. The summed E-state index contributed by atoms with van der Waals surface area (Å²) in [7, 11) is 0. The second-order valence-corrected chi connectivity index (χ2v) is 5.18. The number of carbonyl (C=O) groups is 1. The summed E-state index contributed by atoms with van der Waals surface area (Å²) in [6.45, 7) is 4.44. The van der Waals surface area contributed by atoms with E-state index >= 15 is 0 Å². The van der Waals surface area contributed by atoms with Crippen molar-refractivity contribution in [3.63, 3.8) is 0 Å². The van der Waals surface area contributed by atoms with Gasteiger partial charge in [-0.25, -0.2) is 9.78 Å². The first-order valence-corrected chi connectivity index (χ1v) is 6.79. The van der Waals surface area contributed by atoms with Crippen molar-refractivity contribution in [1.29, 1.82) is 0 Å². The molecule has 0 radical (unpaired) electrons. The molecule has 0 atom stereocenters. The number of aromatic nitrogens is 2. The van der Waals surface area contributed by atoms with Crippen molar-refractivity contribution in [2.24, 2.45) is 0 Å². The van der Waals surface area contributed by atoms with Crippen molar-refractivity contribution >= 4 is 23.0 Å². The maximum Gasteiger partial charge on any atom is 0.339 e. The fraction of sp³-hybridized carbons (Fsp3) is 0.308. The molecule has 0 aliphatic heterocycles. The van der Waals surface area contributed by atoms with E-state index in [9.17, 15) is 4.79 Å². The molecule has 6 heteroatoms. The van der Waals surface area contributed by atoms with Gasteiger partial charge in [0.1, 0.15) is 5.56 Å². The van der Waals surface area contributed by atoms with E-state index in [1.54, 1.807) is 17.4 Å². The van der Waals surface area contributed by atoms with Crippen molar-refractivity contribution in [2.45, 2.75) is 20.3 Å². The smallest absolute Gasteiger partial charge is 0.339 e. The average Bonchev–Trinajstić information content (AvgIpc) is 2.75. The van der Waals surface area contributed by atoms with E-state index in [1.165, 1.54) is 6.20 Å². The number of nitrogens with one attached hydrogen (secondary N) is 1. The molecular weight excluding hydrogens is 262 g/mol. The summed E-state index contributed by atoms with van der Waals surface area (Å²) in [5.41, 5.74) is 2.61. The first kappa shape index (κ1) is 13.5. The highest BCUT2D eigenvalue weighted by Crippen LogP contribution is 2.16. The fourth-order valence-electron chi connectivity index (χ4n) is 1.70. The van der Waals surface area contributed by atoms with Gasteiger partial charge in [0.05, 0.1) is 10.7 Å². The quantitative estimate of drug-likeness (QED) is 0.878. The third-order valence-electron chi connectivity index (χ3n) is 2.59. The van der Waals surface area contributed by atoms with E-state index in [1.807, 2.05) is 19.2 Å². The third-order valence-corrected chi connectivity index (χ3v) is 3.62. The number of anilines is 1. The molecule has 2 aromatic rings. The Labute approximate surface area is 115 Å². The van der Waals surface area contributed by atoms with Crippen LogP contribution in [-0.4, -0.2) is 27.6 Å². The van der Waals surface area contributed by atoms with E-state index in [4.69, 9.17) is 5.11 Å². The van der Waals surface area contributed by atoms with Gasteiger partial charge in [0.15, 0.2) is 0 Å². The number of carboxylic acids is 1. The van der Waals surface area contributed by atoms with Crippen molar-refractivity contribution in [2.75, 3.05) is 11.9 Å². The number of carboxylic acid groups (broad SMARTS) is 1. The Bertz CT molecular complexity index is 595. The molecule has 0 aliphatic rings. The van der Waals surface area contributed by atoms with Crippen LogP contribution in [0.3, 0.4) is 0 Å². The van der Waals surface area contributed by atoms with Crippen molar-refractivity contribution < 1.29 is 9.90 Å². The number of aryl methyl sites for hydroxylation is 2. The fourth-order valence-corrected chi connectivity index (χ4v) is 2.47. The van der Waals surface area contributed by atoms with Crippen molar-refractivity contribution in [3.05, 3.63) is 39.6 Å². The van der Waals surface area contributed by atoms with Gasteiger partial charge in [-0.15, -0.1) is 11.3 Å². The molecule has 2 N–H and O–H groups in total. The number of hydrogen-bond acceptors (Lipinski definition) is 5. The number of pyridine rings is 1. The highest BCUT2D eigenvalue weighted by Gasteiger charge is 2.10. The number of aromatic carboxylic acids is 1. The molecule has 0 unspecified atom stereocenters. The lowest BCUT2D eigenvalue weighted by molar-refractivity contribution is 0.0697.